The van der Waals surface area contributed by atoms with Gasteiger partial charge in [0.05, 0.1) is 18.4 Å². The van der Waals surface area contributed by atoms with Gasteiger partial charge in [-0.25, -0.2) is 10.2 Å². The minimum Gasteiger partial charge on any atom is -0.494 e. The first-order chi connectivity index (χ1) is 16.1. The third-order valence-electron chi connectivity index (χ3n) is 4.46. The third-order valence-corrected chi connectivity index (χ3v) is 4.46. The number of ether oxygens (including phenoxy) is 3. The fourth-order valence-electron chi connectivity index (χ4n) is 2.69. The smallest absolute Gasteiger partial charge is 0.343 e. The van der Waals surface area contributed by atoms with Crippen LogP contribution in [0.1, 0.15) is 35.7 Å². The molecule has 0 radical (unpaired) electrons. The van der Waals surface area contributed by atoms with Gasteiger partial charge in [0.15, 0.2) is 6.61 Å². The molecule has 7 nitrogen and oxygen atoms in total. The lowest BCUT2D eigenvalue weighted by atomic mass is 10.2. The molecule has 0 aliphatic rings. The van der Waals surface area contributed by atoms with Crippen molar-refractivity contribution in [2.24, 2.45) is 5.10 Å². The van der Waals surface area contributed by atoms with Gasteiger partial charge >= 0.3 is 5.97 Å². The van der Waals surface area contributed by atoms with Crippen molar-refractivity contribution >= 4 is 18.1 Å². The number of nitrogens with zero attached hydrogens (tertiary/aromatic N) is 1. The maximum absolute atomic E-state index is 12.3. The molecule has 0 atom stereocenters. The zero-order chi connectivity index (χ0) is 23.3. The van der Waals surface area contributed by atoms with E-state index in [9.17, 15) is 9.59 Å². The average Bonchev–Trinajstić information content (AvgIpc) is 2.85. The third kappa shape index (κ3) is 8.14. The number of carbonyl (C=O) groups is 2. The van der Waals surface area contributed by atoms with Crippen molar-refractivity contribution in [3.8, 4) is 17.2 Å². The molecule has 0 bridgehead atoms. The zero-order valence-electron chi connectivity index (χ0n) is 18.4. The van der Waals surface area contributed by atoms with Crippen LogP contribution in [0.25, 0.3) is 0 Å². The van der Waals surface area contributed by atoms with Crippen LogP contribution >= 0.6 is 0 Å². The molecule has 0 aliphatic carbocycles. The van der Waals surface area contributed by atoms with E-state index in [2.05, 4.69) is 17.5 Å². The molecule has 7 heteroatoms. The first-order valence-electron chi connectivity index (χ1n) is 10.7. The van der Waals surface area contributed by atoms with Gasteiger partial charge in [-0.1, -0.05) is 31.5 Å². The molecule has 3 rings (SSSR count). The van der Waals surface area contributed by atoms with Crippen LogP contribution in [0.15, 0.2) is 84.0 Å². The molecule has 0 spiro atoms. The van der Waals surface area contributed by atoms with Crippen molar-refractivity contribution in [3.63, 3.8) is 0 Å². The van der Waals surface area contributed by atoms with Crippen molar-refractivity contribution in [3.05, 3.63) is 90.0 Å². The largest absolute Gasteiger partial charge is 0.494 e. The van der Waals surface area contributed by atoms with Gasteiger partial charge in [0.1, 0.15) is 17.2 Å². The summed E-state index contributed by atoms with van der Waals surface area (Å²) in [7, 11) is 0. The van der Waals surface area contributed by atoms with Crippen molar-refractivity contribution in [1.29, 1.82) is 0 Å². The molecule has 0 aliphatic heterocycles. The molecular weight excluding hydrogens is 420 g/mol. The summed E-state index contributed by atoms with van der Waals surface area (Å²) in [5.41, 5.74) is 3.56. The summed E-state index contributed by atoms with van der Waals surface area (Å²) in [5.74, 6) is 0.908. The summed E-state index contributed by atoms with van der Waals surface area (Å²) in [6, 6.07) is 22.7. The number of esters is 1. The number of benzene rings is 3. The second-order valence-corrected chi connectivity index (χ2v) is 7.08. The van der Waals surface area contributed by atoms with E-state index in [0.717, 1.165) is 24.2 Å². The number of carbonyl (C=O) groups excluding carboxylic acids is 2. The number of rotatable bonds is 11. The number of nitrogens with one attached hydrogen (secondary N) is 1. The summed E-state index contributed by atoms with van der Waals surface area (Å²) in [4.78, 5) is 24.1. The predicted molar refractivity (Wildman–Crippen MR) is 126 cm³/mol. The van der Waals surface area contributed by atoms with Crippen LogP contribution in [0.4, 0.5) is 0 Å². The monoisotopic (exact) mass is 446 g/mol. The summed E-state index contributed by atoms with van der Waals surface area (Å²) in [6.07, 6.45) is 3.54. The quantitative estimate of drug-likeness (QED) is 0.153. The minimum absolute atomic E-state index is 0.137. The van der Waals surface area contributed by atoms with E-state index in [4.69, 9.17) is 14.2 Å². The van der Waals surface area contributed by atoms with E-state index in [1.807, 2.05) is 18.2 Å². The number of hydrazone groups is 1. The first-order valence-corrected chi connectivity index (χ1v) is 10.7. The zero-order valence-corrected chi connectivity index (χ0v) is 18.4. The summed E-state index contributed by atoms with van der Waals surface area (Å²) in [5, 5.41) is 3.90. The van der Waals surface area contributed by atoms with Gasteiger partial charge in [0.2, 0.25) is 0 Å². The Balaban J connectivity index is 1.43. The van der Waals surface area contributed by atoms with E-state index in [1.165, 1.54) is 6.21 Å². The maximum atomic E-state index is 12.3. The van der Waals surface area contributed by atoms with E-state index in [1.54, 1.807) is 60.7 Å². The van der Waals surface area contributed by atoms with Gasteiger partial charge in [0, 0.05) is 0 Å². The van der Waals surface area contributed by atoms with Crippen LogP contribution in [0.5, 0.6) is 17.2 Å². The number of hydrogen-bond donors (Lipinski definition) is 1. The van der Waals surface area contributed by atoms with Gasteiger partial charge in [0.25, 0.3) is 5.91 Å². The van der Waals surface area contributed by atoms with Crippen LogP contribution in [-0.2, 0) is 4.79 Å². The van der Waals surface area contributed by atoms with E-state index in [-0.39, 0.29) is 12.5 Å². The Labute approximate surface area is 193 Å². The van der Waals surface area contributed by atoms with E-state index < -0.39 is 5.97 Å². The number of amides is 1. The Morgan fingerprint density at radius 2 is 1.52 bits per heavy atom. The number of hydrogen-bond acceptors (Lipinski definition) is 6. The maximum Gasteiger partial charge on any atom is 0.343 e. The van der Waals surface area contributed by atoms with Gasteiger partial charge in [-0.15, -0.1) is 0 Å². The van der Waals surface area contributed by atoms with Crippen molar-refractivity contribution in [2.45, 2.75) is 19.8 Å². The molecular formula is C26H26N2O5. The summed E-state index contributed by atoms with van der Waals surface area (Å²) < 4.78 is 16.3. The molecule has 1 amide bonds. The van der Waals surface area contributed by atoms with Crippen molar-refractivity contribution in [2.75, 3.05) is 13.2 Å². The molecule has 0 saturated carbocycles. The standard InChI is InChI=1S/C26H26N2O5/c1-2-3-17-31-23-15-11-21(12-16-23)26(30)33-24-13-9-20(10-14-24)18-27-28-25(29)19-32-22-7-5-4-6-8-22/h4-16,18H,2-3,17,19H2,1H3,(H,28,29)/b27-18-. The molecule has 0 unspecified atom stereocenters. The average molecular weight is 447 g/mol. The highest BCUT2D eigenvalue weighted by atomic mass is 16.5. The molecule has 1 N–H and O–H groups in total. The van der Waals surface area contributed by atoms with Crippen LogP contribution in [0.2, 0.25) is 0 Å². The van der Waals surface area contributed by atoms with Crippen molar-refractivity contribution in [1.82, 2.24) is 5.43 Å². The molecule has 0 fully saturated rings. The molecule has 3 aromatic carbocycles. The summed E-state index contributed by atoms with van der Waals surface area (Å²) in [6.45, 7) is 2.62. The first kappa shape index (κ1) is 23.5. The highest BCUT2D eigenvalue weighted by Crippen LogP contribution is 2.17. The minimum atomic E-state index is -0.456. The van der Waals surface area contributed by atoms with E-state index >= 15 is 0 Å². The fourth-order valence-corrected chi connectivity index (χ4v) is 2.69. The Bertz CT molecular complexity index is 1050. The summed E-state index contributed by atoms with van der Waals surface area (Å²) >= 11 is 0. The van der Waals surface area contributed by atoms with Gasteiger partial charge in [-0.05, 0) is 72.6 Å². The van der Waals surface area contributed by atoms with E-state index in [0.29, 0.717) is 23.7 Å². The van der Waals surface area contributed by atoms with Gasteiger partial charge in [-0.3, -0.25) is 4.79 Å². The molecule has 170 valence electrons. The van der Waals surface area contributed by atoms with Crippen molar-refractivity contribution < 1.29 is 23.8 Å². The Kier molecular flexibility index (Phi) is 9.03. The number of unbranched alkanes of at least 4 members (excludes halogenated alkanes) is 1. The normalized spacial score (nSPS) is 10.6. The SMILES string of the molecule is CCCCOc1ccc(C(=O)Oc2ccc(/C=N\NC(=O)COc3ccccc3)cc2)cc1. The molecule has 0 heterocycles. The second-order valence-electron chi connectivity index (χ2n) is 7.08. The Morgan fingerprint density at radius 3 is 2.21 bits per heavy atom. The molecule has 0 saturated heterocycles. The second kappa shape index (κ2) is 12.7. The van der Waals surface area contributed by atoms with Crippen LogP contribution < -0.4 is 19.6 Å². The molecule has 3 aromatic rings. The lowest BCUT2D eigenvalue weighted by Crippen LogP contribution is -2.24. The van der Waals surface area contributed by atoms with Gasteiger partial charge < -0.3 is 14.2 Å². The Morgan fingerprint density at radius 1 is 0.848 bits per heavy atom. The van der Waals surface area contributed by atoms with Gasteiger partial charge in [-0.2, -0.15) is 5.10 Å². The lowest BCUT2D eigenvalue weighted by molar-refractivity contribution is -0.123. The highest BCUT2D eigenvalue weighted by Gasteiger charge is 2.09. The lowest BCUT2D eigenvalue weighted by Gasteiger charge is -2.07. The topological polar surface area (TPSA) is 86.2 Å². The van der Waals surface area contributed by atoms with Crippen LogP contribution in [-0.4, -0.2) is 31.3 Å². The predicted octanol–water partition coefficient (Wildman–Crippen LogP) is 4.61. The highest BCUT2D eigenvalue weighted by molar-refractivity contribution is 5.91. The van der Waals surface area contributed by atoms with Crippen LogP contribution in [0.3, 0.4) is 0 Å². The fraction of sp³-hybridized carbons (Fsp3) is 0.192. The molecule has 0 aromatic heterocycles. The van der Waals surface area contributed by atoms with Crippen LogP contribution in [0, 0.1) is 0 Å². The Hall–Kier alpha value is -4.13. The number of para-hydroxylation sites is 1. The molecule has 33 heavy (non-hydrogen) atoms.